The van der Waals surface area contributed by atoms with E-state index in [-0.39, 0.29) is 0 Å². The van der Waals surface area contributed by atoms with Gasteiger partial charge in [-0.05, 0) is 30.2 Å². The molecule has 74 valence electrons. The maximum atomic E-state index is 5.94. The minimum absolute atomic E-state index is 0.789. The summed E-state index contributed by atoms with van der Waals surface area (Å²) in [6, 6.07) is 7.91. The van der Waals surface area contributed by atoms with Gasteiger partial charge in [0.1, 0.15) is 0 Å². The first-order valence-electron chi connectivity index (χ1n) is 4.99. The van der Waals surface area contributed by atoms with Gasteiger partial charge >= 0.3 is 0 Å². The Hall–Kier alpha value is -1.94. The zero-order valence-electron chi connectivity index (χ0n) is 8.75. The number of rotatable bonds is 1. The molecule has 1 nitrogen and oxygen atoms in total. The molecule has 0 heterocycles. The number of nitrogens with two attached hydrogens (primary N) is 1. The van der Waals surface area contributed by atoms with Crippen molar-refractivity contribution >= 4 is 11.3 Å². The summed E-state index contributed by atoms with van der Waals surface area (Å²) in [5.74, 6) is 6.16. The second-order valence-electron chi connectivity index (χ2n) is 3.58. The molecule has 0 fully saturated rings. The third-order valence-corrected chi connectivity index (χ3v) is 2.35. The van der Waals surface area contributed by atoms with Crippen molar-refractivity contribution in [1.82, 2.24) is 0 Å². The van der Waals surface area contributed by atoms with Gasteiger partial charge in [0.2, 0.25) is 0 Å². The molecule has 2 rings (SSSR count). The molecule has 0 spiro atoms. The lowest BCUT2D eigenvalue weighted by atomic mass is 10.0. The standard InChI is InChI=1S/C14H13N/c1-11-6-2-3-7-12(10-11)13-8-4-5-9-14(13)15/h4-5,7-10H,3,15H2,1H3. The molecule has 1 heteroatoms. The van der Waals surface area contributed by atoms with Crippen LogP contribution in [-0.2, 0) is 0 Å². The van der Waals surface area contributed by atoms with E-state index in [0.717, 1.165) is 28.8 Å². The Morgan fingerprint density at radius 2 is 2.07 bits per heavy atom. The first kappa shape index (κ1) is 9.61. The fraction of sp³-hybridized carbons (Fsp3) is 0.143. The predicted molar refractivity (Wildman–Crippen MR) is 65.0 cm³/mol. The number of nitrogen functional groups attached to an aromatic ring is 1. The Morgan fingerprint density at radius 3 is 2.87 bits per heavy atom. The van der Waals surface area contributed by atoms with E-state index < -0.39 is 0 Å². The van der Waals surface area contributed by atoms with Gasteiger partial charge in [-0.1, -0.05) is 36.1 Å². The summed E-state index contributed by atoms with van der Waals surface area (Å²) in [4.78, 5) is 0. The van der Waals surface area contributed by atoms with E-state index in [2.05, 4.69) is 24.0 Å². The summed E-state index contributed by atoms with van der Waals surface area (Å²) in [5, 5.41) is 0. The van der Waals surface area contributed by atoms with Crippen LogP contribution in [0.2, 0.25) is 0 Å². The normalized spacial score (nSPS) is 14.5. The summed E-state index contributed by atoms with van der Waals surface area (Å²) in [6.45, 7) is 2.02. The number of hydrogen-bond acceptors (Lipinski definition) is 1. The second kappa shape index (κ2) is 4.06. The van der Waals surface area contributed by atoms with Crippen LogP contribution in [0.15, 0.2) is 42.0 Å². The van der Waals surface area contributed by atoms with Crippen LogP contribution in [0.25, 0.3) is 5.57 Å². The van der Waals surface area contributed by atoms with Crippen LogP contribution in [-0.4, -0.2) is 0 Å². The number of benzene rings is 1. The molecule has 0 saturated carbocycles. The van der Waals surface area contributed by atoms with Gasteiger partial charge in [-0.2, -0.15) is 0 Å². The van der Waals surface area contributed by atoms with Gasteiger partial charge in [-0.25, -0.2) is 0 Å². The Kier molecular flexibility index (Phi) is 2.60. The maximum Gasteiger partial charge on any atom is 0.0393 e. The molecule has 1 aromatic carbocycles. The second-order valence-corrected chi connectivity index (χ2v) is 3.58. The molecule has 1 aromatic rings. The molecule has 0 saturated heterocycles. The third kappa shape index (κ3) is 2.11. The average Bonchev–Trinajstić information content (AvgIpc) is 2.43. The molecule has 0 unspecified atom stereocenters. The molecule has 1 aliphatic carbocycles. The van der Waals surface area contributed by atoms with Gasteiger partial charge in [-0.3, -0.25) is 0 Å². The fourth-order valence-electron chi connectivity index (χ4n) is 1.63. The van der Waals surface area contributed by atoms with E-state index in [1.54, 1.807) is 0 Å². The number of anilines is 1. The Morgan fingerprint density at radius 1 is 1.27 bits per heavy atom. The van der Waals surface area contributed by atoms with E-state index >= 15 is 0 Å². The number of hydrogen-bond donors (Lipinski definition) is 1. The van der Waals surface area contributed by atoms with Gasteiger partial charge in [0, 0.05) is 17.7 Å². The summed E-state index contributed by atoms with van der Waals surface area (Å²) < 4.78 is 0. The first-order chi connectivity index (χ1) is 7.27. The number of para-hydroxylation sites is 1. The van der Waals surface area contributed by atoms with Gasteiger partial charge in [-0.15, -0.1) is 0 Å². The van der Waals surface area contributed by atoms with Crippen molar-refractivity contribution in [1.29, 1.82) is 0 Å². The van der Waals surface area contributed by atoms with Crippen LogP contribution >= 0.6 is 0 Å². The summed E-state index contributed by atoms with van der Waals surface area (Å²) in [7, 11) is 0. The monoisotopic (exact) mass is 195 g/mol. The van der Waals surface area contributed by atoms with Gasteiger partial charge in [0.05, 0.1) is 0 Å². The van der Waals surface area contributed by atoms with E-state index in [1.165, 1.54) is 0 Å². The largest absolute Gasteiger partial charge is 0.398 e. The Balaban J connectivity index is 2.45. The molecule has 0 bridgehead atoms. The van der Waals surface area contributed by atoms with Crippen molar-refractivity contribution in [2.75, 3.05) is 5.73 Å². The van der Waals surface area contributed by atoms with Crippen LogP contribution < -0.4 is 5.73 Å². The fourth-order valence-corrected chi connectivity index (χ4v) is 1.63. The Bertz CT molecular complexity index is 496. The molecular formula is C14H13N. The Labute approximate surface area is 90.3 Å². The SMILES string of the molecule is CC1=CC(c2ccccc2N)=CCC#C1. The van der Waals surface area contributed by atoms with Crippen LogP contribution in [0, 0.1) is 11.8 Å². The highest BCUT2D eigenvalue weighted by molar-refractivity contribution is 5.82. The zero-order valence-corrected chi connectivity index (χ0v) is 8.75. The lowest BCUT2D eigenvalue weighted by Gasteiger charge is -2.05. The molecule has 2 N–H and O–H groups in total. The molecule has 0 amide bonds. The summed E-state index contributed by atoms with van der Waals surface area (Å²) >= 11 is 0. The smallest absolute Gasteiger partial charge is 0.0393 e. The third-order valence-electron chi connectivity index (χ3n) is 2.35. The number of allylic oxidation sites excluding steroid dienone is 4. The summed E-state index contributed by atoms with van der Waals surface area (Å²) in [5.41, 5.74) is 10.1. The van der Waals surface area contributed by atoms with Crippen molar-refractivity contribution in [2.45, 2.75) is 13.3 Å². The summed E-state index contributed by atoms with van der Waals surface area (Å²) in [6.07, 6.45) is 5.00. The zero-order chi connectivity index (χ0) is 10.7. The first-order valence-corrected chi connectivity index (χ1v) is 4.99. The molecule has 0 radical (unpaired) electrons. The highest BCUT2D eigenvalue weighted by Crippen LogP contribution is 2.24. The highest BCUT2D eigenvalue weighted by atomic mass is 14.6. The van der Waals surface area contributed by atoms with E-state index in [4.69, 9.17) is 5.73 Å². The lowest BCUT2D eigenvalue weighted by Crippen LogP contribution is -1.92. The highest BCUT2D eigenvalue weighted by Gasteiger charge is 2.03. The van der Waals surface area contributed by atoms with Crippen LogP contribution in [0.5, 0.6) is 0 Å². The minimum Gasteiger partial charge on any atom is -0.398 e. The van der Waals surface area contributed by atoms with Gasteiger partial charge in [0.25, 0.3) is 0 Å². The molecular weight excluding hydrogens is 182 g/mol. The van der Waals surface area contributed by atoms with E-state index in [0.29, 0.717) is 0 Å². The van der Waals surface area contributed by atoms with E-state index in [1.807, 2.05) is 31.2 Å². The van der Waals surface area contributed by atoms with Crippen LogP contribution in [0.3, 0.4) is 0 Å². The topological polar surface area (TPSA) is 26.0 Å². The quantitative estimate of drug-likeness (QED) is 0.541. The van der Waals surface area contributed by atoms with Crippen LogP contribution in [0.1, 0.15) is 18.9 Å². The lowest BCUT2D eigenvalue weighted by molar-refractivity contribution is 1.47. The van der Waals surface area contributed by atoms with Crippen molar-refractivity contribution < 1.29 is 0 Å². The molecule has 0 aromatic heterocycles. The van der Waals surface area contributed by atoms with Crippen molar-refractivity contribution in [2.24, 2.45) is 0 Å². The molecule has 15 heavy (non-hydrogen) atoms. The van der Waals surface area contributed by atoms with Crippen molar-refractivity contribution in [3.63, 3.8) is 0 Å². The van der Waals surface area contributed by atoms with Crippen LogP contribution in [0.4, 0.5) is 5.69 Å². The van der Waals surface area contributed by atoms with Gasteiger partial charge < -0.3 is 5.73 Å². The van der Waals surface area contributed by atoms with Gasteiger partial charge in [0.15, 0.2) is 0 Å². The molecule has 0 atom stereocenters. The average molecular weight is 195 g/mol. The molecule has 1 aliphatic rings. The van der Waals surface area contributed by atoms with E-state index in [9.17, 15) is 0 Å². The van der Waals surface area contributed by atoms with Crippen molar-refractivity contribution in [3.05, 3.63) is 47.6 Å². The predicted octanol–water partition coefficient (Wildman–Crippen LogP) is 3.01. The van der Waals surface area contributed by atoms with Crippen molar-refractivity contribution in [3.8, 4) is 11.8 Å². The molecule has 0 aliphatic heterocycles. The minimum atomic E-state index is 0.789. The maximum absolute atomic E-state index is 5.94.